The van der Waals surface area contributed by atoms with Crippen LogP contribution in [0, 0.1) is 13.8 Å². The number of carbonyl (C=O) groups excluding carboxylic acids is 1. The number of aryl methyl sites for hydroxylation is 2. The molecule has 0 aliphatic carbocycles. The molecule has 7 nitrogen and oxygen atoms in total. The topological polar surface area (TPSA) is 77.7 Å². The molecule has 0 fully saturated rings. The predicted octanol–water partition coefficient (Wildman–Crippen LogP) is 2.86. The fraction of sp³-hybridized carbons (Fsp3) is 0.421. The number of amides is 1. The van der Waals surface area contributed by atoms with Crippen molar-refractivity contribution >= 4 is 23.2 Å². The van der Waals surface area contributed by atoms with Gasteiger partial charge in [0.05, 0.1) is 29.2 Å². The molecule has 1 amide bonds. The summed E-state index contributed by atoms with van der Waals surface area (Å²) in [6.45, 7) is 5.03. The van der Waals surface area contributed by atoms with Crippen LogP contribution in [0.25, 0.3) is 0 Å². The lowest BCUT2D eigenvalue weighted by atomic mass is 10.0. The number of oxime groups is 1. The summed E-state index contributed by atoms with van der Waals surface area (Å²) in [6, 6.07) is 7.55. The maximum Gasteiger partial charge on any atom is 0.264 e. The van der Waals surface area contributed by atoms with Gasteiger partial charge in [-0.1, -0.05) is 28.9 Å². The first-order chi connectivity index (χ1) is 13.0. The van der Waals surface area contributed by atoms with Gasteiger partial charge in [0, 0.05) is 25.1 Å². The van der Waals surface area contributed by atoms with Gasteiger partial charge < -0.3 is 14.9 Å². The number of nitrogens with zero attached hydrogens (tertiary/aromatic N) is 3. The molecule has 0 radical (unpaired) electrons. The van der Waals surface area contributed by atoms with Crippen molar-refractivity contribution in [2.75, 3.05) is 13.7 Å². The highest BCUT2D eigenvalue weighted by Crippen LogP contribution is 2.24. The van der Waals surface area contributed by atoms with Crippen molar-refractivity contribution in [3.05, 3.63) is 46.2 Å². The molecule has 0 bridgehead atoms. The van der Waals surface area contributed by atoms with Crippen LogP contribution in [-0.4, -0.2) is 41.2 Å². The molecule has 0 spiro atoms. The first kappa shape index (κ1) is 19.2. The van der Waals surface area contributed by atoms with E-state index in [1.54, 1.807) is 7.11 Å². The maximum absolute atomic E-state index is 12.3. The van der Waals surface area contributed by atoms with Gasteiger partial charge in [-0.2, -0.15) is 5.10 Å². The average Bonchev–Trinajstić information content (AvgIpc) is 3.26. The highest BCUT2D eigenvalue weighted by Gasteiger charge is 2.29. The third-order valence-corrected chi connectivity index (χ3v) is 5.07. The molecule has 144 valence electrons. The summed E-state index contributed by atoms with van der Waals surface area (Å²) in [7, 11) is 1.61. The molecule has 0 saturated carbocycles. The van der Waals surface area contributed by atoms with Crippen molar-refractivity contribution in [1.82, 2.24) is 15.1 Å². The molecule has 8 heteroatoms. The van der Waals surface area contributed by atoms with E-state index in [0.29, 0.717) is 36.0 Å². The smallest absolute Gasteiger partial charge is 0.264 e. The second kappa shape index (κ2) is 8.43. The first-order valence-corrected chi connectivity index (χ1v) is 9.22. The Kier molecular flexibility index (Phi) is 6.01. The molecule has 1 aliphatic rings. The molecule has 1 aromatic carbocycles. The summed E-state index contributed by atoms with van der Waals surface area (Å²) < 4.78 is 7.20. The number of hydrogen-bond acceptors (Lipinski definition) is 5. The van der Waals surface area contributed by atoms with Gasteiger partial charge in [0.25, 0.3) is 5.91 Å². The van der Waals surface area contributed by atoms with Crippen molar-refractivity contribution in [3.8, 4) is 5.75 Å². The van der Waals surface area contributed by atoms with Crippen LogP contribution in [0.4, 0.5) is 0 Å². The van der Waals surface area contributed by atoms with Crippen LogP contribution in [-0.2, 0) is 16.2 Å². The van der Waals surface area contributed by atoms with E-state index < -0.39 is 6.10 Å². The Labute approximate surface area is 163 Å². The number of ether oxygens (including phenoxy) is 1. The Morgan fingerprint density at radius 2 is 2.19 bits per heavy atom. The van der Waals surface area contributed by atoms with Crippen molar-refractivity contribution in [1.29, 1.82) is 0 Å². The van der Waals surface area contributed by atoms with E-state index in [4.69, 9.17) is 21.2 Å². The summed E-state index contributed by atoms with van der Waals surface area (Å²) in [5.74, 6) is 0.541. The molecule has 1 N–H and O–H groups in total. The van der Waals surface area contributed by atoms with Crippen molar-refractivity contribution in [2.45, 2.75) is 39.3 Å². The SMILES string of the molecule is COc1ccccc1C1=NOC(C(=O)NCCCn2nc(C)c(Cl)c2C)C1. The van der Waals surface area contributed by atoms with Crippen LogP contribution in [0.5, 0.6) is 5.75 Å². The maximum atomic E-state index is 12.3. The number of aromatic nitrogens is 2. The average molecular weight is 391 g/mol. The van der Waals surface area contributed by atoms with Gasteiger partial charge in [0.1, 0.15) is 5.75 Å². The van der Waals surface area contributed by atoms with Crippen LogP contribution in [0.3, 0.4) is 0 Å². The molecule has 0 saturated heterocycles. The number of carbonyl (C=O) groups is 1. The Hall–Kier alpha value is -2.54. The van der Waals surface area contributed by atoms with Crippen LogP contribution in [0.15, 0.2) is 29.4 Å². The molecule has 2 aromatic rings. The molecule has 27 heavy (non-hydrogen) atoms. The monoisotopic (exact) mass is 390 g/mol. The largest absolute Gasteiger partial charge is 0.496 e. The zero-order valence-electron chi connectivity index (χ0n) is 15.7. The van der Waals surface area contributed by atoms with Crippen LogP contribution >= 0.6 is 11.6 Å². The number of nitrogens with one attached hydrogen (secondary N) is 1. The summed E-state index contributed by atoms with van der Waals surface area (Å²) in [5, 5.41) is 12.0. The number of methoxy groups -OCH3 is 1. The van der Waals surface area contributed by atoms with E-state index in [1.165, 1.54) is 0 Å². The summed E-state index contributed by atoms with van der Waals surface area (Å²) >= 11 is 6.14. The molecule has 1 aliphatic heterocycles. The van der Waals surface area contributed by atoms with Gasteiger partial charge in [0.15, 0.2) is 0 Å². The van der Waals surface area contributed by atoms with E-state index in [2.05, 4.69) is 15.6 Å². The lowest BCUT2D eigenvalue weighted by molar-refractivity contribution is -0.131. The molecule has 1 aromatic heterocycles. The highest BCUT2D eigenvalue weighted by atomic mass is 35.5. The van der Waals surface area contributed by atoms with Gasteiger partial charge in [-0.05, 0) is 32.4 Å². The van der Waals surface area contributed by atoms with Gasteiger partial charge in [-0.3, -0.25) is 9.48 Å². The number of halogens is 1. The standard InChI is InChI=1S/C19H23ClN4O3/c1-12-18(20)13(2)24(22-12)10-6-9-21-19(25)17-11-15(23-27-17)14-7-4-5-8-16(14)26-3/h4-5,7-8,17H,6,9-11H2,1-3H3,(H,21,25). The van der Waals surface area contributed by atoms with E-state index in [1.807, 2.05) is 42.8 Å². The minimum absolute atomic E-state index is 0.171. The Morgan fingerprint density at radius 3 is 2.89 bits per heavy atom. The minimum Gasteiger partial charge on any atom is -0.496 e. The molecule has 1 atom stereocenters. The summed E-state index contributed by atoms with van der Waals surface area (Å²) in [4.78, 5) is 17.6. The summed E-state index contributed by atoms with van der Waals surface area (Å²) in [6.07, 6.45) is 0.545. The van der Waals surface area contributed by atoms with E-state index in [9.17, 15) is 4.79 Å². The minimum atomic E-state index is -0.618. The molecule has 3 rings (SSSR count). The van der Waals surface area contributed by atoms with Crippen LogP contribution < -0.4 is 10.1 Å². The molecule has 1 unspecified atom stereocenters. The quantitative estimate of drug-likeness (QED) is 0.737. The number of para-hydroxylation sites is 1. The lowest BCUT2D eigenvalue weighted by Crippen LogP contribution is -2.35. The normalized spacial score (nSPS) is 16.0. The fourth-order valence-electron chi connectivity index (χ4n) is 3.01. The Balaban J connectivity index is 1.47. The second-order valence-electron chi connectivity index (χ2n) is 6.39. The van der Waals surface area contributed by atoms with Gasteiger partial charge in [0.2, 0.25) is 6.10 Å². The van der Waals surface area contributed by atoms with Crippen LogP contribution in [0.2, 0.25) is 5.02 Å². The number of rotatable bonds is 7. The molecule has 2 heterocycles. The highest BCUT2D eigenvalue weighted by molar-refractivity contribution is 6.31. The zero-order chi connectivity index (χ0) is 19.4. The zero-order valence-corrected chi connectivity index (χ0v) is 16.4. The van der Waals surface area contributed by atoms with E-state index in [0.717, 1.165) is 23.4 Å². The predicted molar refractivity (Wildman–Crippen MR) is 103 cm³/mol. The molecular weight excluding hydrogens is 368 g/mol. The van der Waals surface area contributed by atoms with Crippen molar-refractivity contribution in [2.24, 2.45) is 5.16 Å². The van der Waals surface area contributed by atoms with E-state index >= 15 is 0 Å². The second-order valence-corrected chi connectivity index (χ2v) is 6.77. The molecular formula is C19H23ClN4O3. The third kappa shape index (κ3) is 4.24. The van der Waals surface area contributed by atoms with Gasteiger partial charge >= 0.3 is 0 Å². The Morgan fingerprint density at radius 1 is 1.41 bits per heavy atom. The number of hydrogen-bond donors (Lipinski definition) is 1. The summed E-state index contributed by atoms with van der Waals surface area (Å²) in [5.41, 5.74) is 3.31. The van der Waals surface area contributed by atoms with E-state index in [-0.39, 0.29) is 5.91 Å². The van der Waals surface area contributed by atoms with Gasteiger partial charge in [-0.25, -0.2) is 0 Å². The first-order valence-electron chi connectivity index (χ1n) is 8.84. The third-order valence-electron chi connectivity index (χ3n) is 4.52. The Bertz CT molecular complexity index is 863. The van der Waals surface area contributed by atoms with Crippen molar-refractivity contribution < 1.29 is 14.4 Å². The van der Waals surface area contributed by atoms with Crippen LogP contribution in [0.1, 0.15) is 29.8 Å². The lowest BCUT2D eigenvalue weighted by Gasteiger charge is -2.10. The fourth-order valence-corrected chi connectivity index (χ4v) is 3.14. The number of benzene rings is 1. The van der Waals surface area contributed by atoms with Gasteiger partial charge in [-0.15, -0.1) is 0 Å². The van der Waals surface area contributed by atoms with Crippen molar-refractivity contribution in [3.63, 3.8) is 0 Å².